The van der Waals surface area contributed by atoms with Crippen molar-refractivity contribution in [3.63, 3.8) is 0 Å². The molecule has 0 saturated carbocycles. The van der Waals surface area contributed by atoms with E-state index < -0.39 is 0 Å². The van der Waals surface area contributed by atoms with E-state index in [1.807, 2.05) is 0 Å². The lowest BCUT2D eigenvalue weighted by Gasteiger charge is -1.89. The van der Waals surface area contributed by atoms with Crippen LogP contribution >= 0.6 is 0 Å². The standard InChI is InChI=1S/C6H12BO/c1-2-3-4-5-7-6-8/h6H,2-5H2,1H3. The first kappa shape index (κ1) is 7.73. The highest BCUT2D eigenvalue weighted by Gasteiger charge is 1.86. The molecule has 0 aromatic heterocycles. The van der Waals surface area contributed by atoms with Crippen molar-refractivity contribution in [2.75, 3.05) is 0 Å². The molecule has 0 amide bonds. The first-order valence-corrected chi connectivity index (χ1v) is 3.18. The summed E-state index contributed by atoms with van der Waals surface area (Å²) >= 11 is 0. The van der Waals surface area contributed by atoms with E-state index in [9.17, 15) is 4.79 Å². The van der Waals surface area contributed by atoms with Gasteiger partial charge in [0.05, 0.1) is 6.19 Å². The van der Waals surface area contributed by atoms with Crippen LogP contribution in [0.5, 0.6) is 0 Å². The fourth-order valence-corrected chi connectivity index (χ4v) is 0.580. The van der Waals surface area contributed by atoms with Crippen LogP contribution in [0.15, 0.2) is 0 Å². The molecule has 0 heterocycles. The number of unbranched alkanes of at least 4 members (excludes halogenated alkanes) is 2. The summed E-state index contributed by atoms with van der Waals surface area (Å²) in [7, 11) is 1.68. The van der Waals surface area contributed by atoms with Gasteiger partial charge in [0.25, 0.3) is 0 Å². The second-order valence-electron chi connectivity index (χ2n) is 1.87. The molecule has 0 bridgehead atoms. The third kappa shape index (κ3) is 5.73. The fraction of sp³-hybridized carbons (Fsp3) is 0.833. The molecule has 0 saturated heterocycles. The summed E-state index contributed by atoms with van der Waals surface area (Å²) in [6, 6.07) is 0. The molecule has 0 spiro atoms. The van der Waals surface area contributed by atoms with E-state index in [2.05, 4.69) is 6.92 Å². The SMILES string of the molecule is CCCCC[B]C=O. The van der Waals surface area contributed by atoms with Gasteiger partial charge in [0.2, 0.25) is 0 Å². The Kier molecular flexibility index (Phi) is 6.51. The normalized spacial score (nSPS) is 8.62. The number of carbonyl (C=O) groups excluding carboxylic acids is 1. The quantitative estimate of drug-likeness (QED) is 0.298. The van der Waals surface area contributed by atoms with Gasteiger partial charge in [-0.25, -0.2) is 0 Å². The molecule has 45 valence electrons. The molecule has 2 heteroatoms. The van der Waals surface area contributed by atoms with Crippen molar-refractivity contribution in [3.8, 4) is 0 Å². The van der Waals surface area contributed by atoms with E-state index >= 15 is 0 Å². The summed E-state index contributed by atoms with van der Waals surface area (Å²) in [6.45, 7) is 2.15. The van der Waals surface area contributed by atoms with E-state index in [1.165, 1.54) is 12.8 Å². The predicted octanol–water partition coefficient (Wildman–Crippen LogP) is 1.49. The molecule has 1 nitrogen and oxygen atoms in total. The minimum atomic E-state index is 0.871. The van der Waals surface area contributed by atoms with Crippen LogP contribution in [0.4, 0.5) is 0 Å². The molecule has 0 aliphatic rings. The molecule has 0 atom stereocenters. The summed E-state index contributed by atoms with van der Waals surface area (Å²) in [4.78, 5) is 9.71. The average molecular weight is 111 g/mol. The van der Waals surface area contributed by atoms with E-state index in [4.69, 9.17) is 0 Å². The minimum absolute atomic E-state index is 0.871. The van der Waals surface area contributed by atoms with Gasteiger partial charge >= 0.3 is 0 Å². The van der Waals surface area contributed by atoms with Gasteiger partial charge < -0.3 is 4.79 Å². The Morgan fingerprint density at radius 2 is 2.25 bits per heavy atom. The van der Waals surface area contributed by atoms with E-state index in [1.54, 1.807) is 7.28 Å². The maximum atomic E-state index is 9.71. The molecule has 8 heavy (non-hydrogen) atoms. The number of rotatable bonds is 5. The molecule has 0 aromatic carbocycles. The first-order valence-electron chi connectivity index (χ1n) is 3.18. The minimum Gasteiger partial charge on any atom is -0.316 e. The summed E-state index contributed by atoms with van der Waals surface area (Å²) in [5.74, 6) is 0. The Balaban J connectivity index is 2.62. The van der Waals surface area contributed by atoms with Crippen molar-refractivity contribution in [3.05, 3.63) is 0 Å². The molecule has 1 radical (unpaired) electrons. The topological polar surface area (TPSA) is 17.1 Å². The molecule has 0 aromatic rings. The molecule has 0 rings (SSSR count). The smallest absolute Gasteiger partial charge is 0.197 e. The van der Waals surface area contributed by atoms with Gasteiger partial charge in [0.15, 0.2) is 7.28 Å². The summed E-state index contributed by atoms with van der Waals surface area (Å²) in [5, 5.41) is 0. The maximum absolute atomic E-state index is 9.71. The van der Waals surface area contributed by atoms with Crippen LogP contribution in [0.3, 0.4) is 0 Å². The zero-order valence-electron chi connectivity index (χ0n) is 5.39. The predicted molar refractivity (Wildman–Crippen MR) is 36.8 cm³/mol. The molecule has 0 aliphatic carbocycles. The summed E-state index contributed by atoms with van der Waals surface area (Å²) in [6.07, 6.45) is 5.46. The van der Waals surface area contributed by atoms with Crippen LogP contribution in [0.1, 0.15) is 26.2 Å². The van der Waals surface area contributed by atoms with Gasteiger partial charge in [-0.05, 0) is 0 Å². The highest BCUT2D eigenvalue weighted by atomic mass is 16.1. The third-order valence-electron chi connectivity index (χ3n) is 1.07. The zero-order chi connectivity index (χ0) is 6.24. The second kappa shape index (κ2) is 6.73. The van der Waals surface area contributed by atoms with Crippen LogP contribution in [-0.4, -0.2) is 13.5 Å². The summed E-state index contributed by atoms with van der Waals surface area (Å²) < 4.78 is 0. The second-order valence-corrected chi connectivity index (χ2v) is 1.87. The van der Waals surface area contributed by atoms with E-state index in [0.29, 0.717) is 0 Å². The van der Waals surface area contributed by atoms with E-state index in [-0.39, 0.29) is 0 Å². The van der Waals surface area contributed by atoms with Crippen LogP contribution < -0.4 is 0 Å². The van der Waals surface area contributed by atoms with Gasteiger partial charge in [-0.2, -0.15) is 0 Å². The largest absolute Gasteiger partial charge is 0.316 e. The number of hydrogen-bond donors (Lipinski definition) is 0. The lowest BCUT2D eigenvalue weighted by molar-refractivity contribution is 0.568. The molecular weight excluding hydrogens is 98.9 g/mol. The van der Waals surface area contributed by atoms with Crippen molar-refractivity contribution in [2.45, 2.75) is 32.5 Å². The Morgan fingerprint density at radius 3 is 2.75 bits per heavy atom. The lowest BCUT2D eigenvalue weighted by Crippen LogP contribution is -1.88. The van der Waals surface area contributed by atoms with Gasteiger partial charge in [-0.15, -0.1) is 0 Å². The van der Waals surface area contributed by atoms with Crippen molar-refractivity contribution < 1.29 is 4.79 Å². The lowest BCUT2D eigenvalue weighted by atomic mass is 9.75. The van der Waals surface area contributed by atoms with Gasteiger partial charge in [-0.3, -0.25) is 0 Å². The molecule has 0 unspecified atom stereocenters. The molecular formula is C6H12BO. The Hall–Kier alpha value is -0.265. The van der Waals surface area contributed by atoms with Crippen LogP contribution in [-0.2, 0) is 4.79 Å². The van der Waals surface area contributed by atoms with Crippen molar-refractivity contribution >= 4 is 13.5 Å². The van der Waals surface area contributed by atoms with Gasteiger partial charge in [0.1, 0.15) is 0 Å². The Morgan fingerprint density at radius 1 is 1.50 bits per heavy atom. The van der Waals surface area contributed by atoms with Crippen molar-refractivity contribution in [2.24, 2.45) is 0 Å². The number of carbonyl (C=O) groups is 1. The Bertz CT molecular complexity index is 54.5. The van der Waals surface area contributed by atoms with Gasteiger partial charge in [-0.1, -0.05) is 32.5 Å². The van der Waals surface area contributed by atoms with Crippen LogP contribution in [0.25, 0.3) is 0 Å². The third-order valence-corrected chi connectivity index (χ3v) is 1.07. The molecule has 0 aliphatic heterocycles. The van der Waals surface area contributed by atoms with Crippen molar-refractivity contribution in [1.29, 1.82) is 0 Å². The highest BCUT2D eigenvalue weighted by molar-refractivity contribution is 6.66. The molecule has 0 N–H and O–H groups in total. The van der Waals surface area contributed by atoms with Crippen molar-refractivity contribution in [1.82, 2.24) is 0 Å². The van der Waals surface area contributed by atoms with Gasteiger partial charge in [0, 0.05) is 0 Å². The summed E-state index contributed by atoms with van der Waals surface area (Å²) in [5.41, 5.74) is 0. The van der Waals surface area contributed by atoms with E-state index in [0.717, 1.165) is 18.9 Å². The fourth-order valence-electron chi connectivity index (χ4n) is 0.580. The monoisotopic (exact) mass is 111 g/mol. The highest BCUT2D eigenvalue weighted by Crippen LogP contribution is 1.96. The maximum Gasteiger partial charge on any atom is 0.197 e. The number of hydrogen-bond acceptors (Lipinski definition) is 1. The average Bonchev–Trinajstić information content (AvgIpc) is 1.81. The Labute approximate surface area is 51.7 Å². The van der Waals surface area contributed by atoms with Crippen LogP contribution in [0, 0.1) is 0 Å². The molecule has 0 fully saturated rings. The van der Waals surface area contributed by atoms with Crippen LogP contribution in [0.2, 0.25) is 6.32 Å². The zero-order valence-corrected chi connectivity index (χ0v) is 5.39. The first-order chi connectivity index (χ1) is 3.91.